The highest BCUT2D eigenvalue weighted by atomic mass is 19.3. The van der Waals surface area contributed by atoms with Crippen LogP contribution in [-0.2, 0) is 4.79 Å². The Morgan fingerprint density at radius 3 is 2.45 bits per heavy atom. The van der Waals surface area contributed by atoms with Gasteiger partial charge in [0.05, 0.1) is 12.5 Å². The number of halogens is 2. The summed E-state index contributed by atoms with van der Waals surface area (Å²) in [5.41, 5.74) is 6.94. The maximum Gasteiger partial charge on any atom is 0.255 e. The van der Waals surface area contributed by atoms with Crippen LogP contribution in [0.1, 0.15) is 31.4 Å². The second-order valence-electron chi connectivity index (χ2n) is 5.34. The first-order valence-electron chi connectivity index (χ1n) is 6.90. The van der Waals surface area contributed by atoms with Gasteiger partial charge in [0.1, 0.15) is 0 Å². The Kier molecular flexibility index (Phi) is 4.70. The number of rotatable bonds is 6. The highest BCUT2D eigenvalue weighted by Gasteiger charge is 2.37. The van der Waals surface area contributed by atoms with Crippen molar-refractivity contribution in [3.63, 3.8) is 0 Å². The molecule has 1 aliphatic rings. The fourth-order valence-corrected chi connectivity index (χ4v) is 2.33. The number of amides is 1. The Labute approximate surface area is 117 Å². The number of carbonyl (C=O) groups excluding carboxylic acids is 1. The van der Waals surface area contributed by atoms with Gasteiger partial charge in [0.15, 0.2) is 0 Å². The molecule has 1 amide bonds. The lowest BCUT2D eigenvalue weighted by Crippen LogP contribution is -2.43. The van der Waals surface area contributed by atoms with Crippen molar-refractivity contribution in [1.29, 1.82) is 0 Å². The van der Waals surface area contributed by atoms with Crippen molar-refractivity contribution in [3.8, 4) is 0 Å². The third kappa shape index (κ3) is 3.54. The molecular weight excluding hydrogens is 262 g/mol. The van der Waals surface area contributed by atoms with Crippen LogP contribution >= 0.6 is 0 Å². The number of nitrogens with zero attached hydrogens (tertiary/aromatic N) is 1. The van der Waals surface area contributed by atoms with E-state index >= 15 is 0 Å². The highest BCUT2D eigenvalue weighted by Crippen LogP contribution is 2.31. The van der Waals surface area contributed by atoms with E-state index in [9.17, 15) is 13.6 Å². The Morgan fingerprint density at radius 1 is 1.35 bits per heavy atom. The first-order valence-corrected chi connectivity index (χ1v) is 6.90. The summed E-state index contributed by atoms with van der Waals surface area (Å²) in [7, 11) is 0. The summed E-state index contributed by atoms with van der Waals surface area (Å²) in [6.45, 7) is 1.22. The molecule has 3 nitrogen and oxygen atoms in total. The number of carbonyl (C=O) groups is 1. The van der Waals surface area contributed by atoms with Crippen molar-refractivity contribution in [2.45, 2.75) is 38.3 Å². The van der Waals surface area contributed by atoms with Gasteiger partial charge in [-0.05, 0) is 18.4 Å². The Hall–Kier alpha value is -1.49. The lowest BCUT2D eigenvalue weighted by atomic mass is 9.94. The fraction of sp³-hybridized carbons (Fsp3) is 0.533. The van der Waals surface area contributed by atoms with Gasteiger partial charge in [0.2, 0.25) is 5.91 Å². The predicted molar refractivity (Wildman–Crippen MR) is 73.3 cm³/mol. The predicted octanol–water partition coefficient (Wildman–Crippen LogP) is 2.58. The lowest BCUT2D eigenvalue weighted by molar-refractivity contribution is -0.138. The van der Waals surface area contributed by atoms with E-state index in [1.165, 1.54) is 4.90 Å². The van der Waals surface area contributed by atoms with E-state index in [4.69, 9.17) is 5.73 Å². The minimum Gasteiger partial charge on any atom is -0.334 e. The first-order chi connectivity index (χ1) is 9.50. The second kappa shape index (κ2) is 6.31. The van der Waals surface area contributed by atoms with Crippen LogP contribution < -0.4 is 5.73 Å². The van der Waals surface area contributed by atoms with Crippen molar-refractivity contribution in [2.75, 3.05) is 6.54 Å². The zero-order valence-corrected chi connectivity index (χ0v) is 11.5. The van der Waals surface area contributed by atoms with Crippen LogP contribution in [0, 0.1) is 5.92 Å². The van der Waals surface area contributed by atoms with Gasteiger partial charge in [0.25, 0.3) is 6.43 Å². The Balaban J connectivity index is 2.06. The van der Waals surface area contributed by atoms with Gasteiger partial charge >= 0.3 is 0 Å². The molecule has 1 aliphatic carbocycles. The lowest BCUT2D eigenvalue weighted by Gasteiger charge is -2.28. The van der Waals surface area contributed by atoms with Gasteiger partial charge in [0, 0.05) is 12.1 Å². The molecule has 1 saturated carbocycles. The summed E-state index contributed by atoms with van der Waals surface area (Å²) in [4.78, 5) is 13.7. The Morgan fingerprint density at radius 2 is 1.95 bits per heavy atom. The average Bonchev–Trinajstić information content (AvgIpc) is 3.27. The third-order valence-electron chi connectivity index (χ3n) is 3.72. The van der Waals surface area contributed by atoms with E-state index < -0.39 is 24.9 Å². The van der Waals surface area contributed by atoms with Gasteiger partial charge in [-0.3, -0.25) is 4.79 Å². The standard InChI is InChI=1S/C15H20F2N2O/c1-10(14(18)11-5-3-2-4-6-11)15(20)19(9-13(16)17)12-7-8-12/h2-6,10,12-14H,7-9,18H2,1H3. The summed E-state index contributed by atoms with van der Waals surface area (Å²) in [5, 5.41) is 0. The topological polar surface area (TPSA) is 46.3 Å². The van der Waals surface area contributed by atoms with Gasteiger partial charge in [-0.15, -0.1) is 0 Å². The van der Waals surface area contributed by atoms with Crippen LogP contribution in [0.25, 0.3) is 0 Å². The van der Waals surface area contributed by atoms with Crippen molar-refractivity contribution < 1.29 is 13.6 Å². The number of hydrogen-bond acceptors (Lipinski definition) is 2. The summed E-state index contributed by atoms with van der Waals surface area (Å²) >= 11 is 0. The van der Waals surface area contributed by atoms with E-state index in [2.05, 4.69) is 0 Å². The SMILES string of the molecule is CC(C(=O)N(CC(F)F)C1CC1)C(N)c1ccccc1. The van der Waals surface area contributed by atoms with Crippen LogP contribution in [0.4, 0.5) is 8.78 Å². The van der Waals surface area contributed by atoms with E-state index in [1.54, 1.807) is 6.92 Å². The number of alkyl halides is 2. The third-order valence-corrected chi connectivity index (χ3v) is 3.72. The smallest absolute Gasteiger partial charge is 0.255 e. The van der Waals surface area contributed by atoms with Crippen LogP contribution in [0.3, 0.4) is 0 Å². The molecular formula is C15H20F2N2O. The molecule has 20 heavy (non-hydrogen) atoms. The largest absolute Gasteiger partial charge is 0.334 e. The molecule has 0 spiro atoms. The number of hydrogen-bond donors (Lipinski definition) is 1. The van der Waals surface area contributed by atoms with E-state index in [0.29, 0.717) is 0 Å². The van der Waals surface area contributed by atoms with E-state index in [0.717, 1.165) is 18.4 Å². The summed E-state index contributed by atoms with van der Waals surface area (Å²) in [5.74, 6) is -0.777. The fourth-order valence-electron chi connectivity index (χ4n) is 2.33. The molecule has 1 fully saturated rings. The molecule has 1 aromatic rings. The molecule has 0 radical (unpaired) electrons. The summed E-state index contributed by atoms with van der Waals surface area (Å²) < 4.78 is 25.2. The molecule has 1 aromatic carbocycles. The highest BCUT2D eigenvalue weighted by molar-refractivity contribution is 5.80. The zero-order chi connectivity index (χ0) is 14.7. The van der Waals surface area contributed by atoms with Crippen LogP contribution in [-0.4, -0.2) is 29.8 Å². The van der Waals surface area contributed by atoms with E-state index in [-0.39, 0.29) is 11.9 Å². The van der Waals surface area contributed by atoms with Gasteiger partial charge in [-0.2, -0.15) is 0 Å². The molecule has 110 valence electrons. The number of benzene rings is 1. The molecule has 0 aromatic heterocycles. The zero-order valence-electron chi connectivity index (χ0n) is 11.5. The van der Waals surface area contributed by atoms with Crippen molar-refractivity contribution >= 4 is 5.91 Å². The van der Waals surface area contributed by atoms with Crippen molar-refractivity contribution in [2.24, 2.45) is 11.7 Å². The molecule has 5 heteroatoms. The maximum absolute atomic E-state index is 12.6. The maximum atomic E-state index is 12.6. The van der Waals surface area contributed by atoms with Crippen molar-refractivity contribution in [3.05, 3.63) is 35.9 Å². The molecule has 0 bridgehead atoms. The van der Waals surface area contributed by atoms with Gasteiger partial charge in [-0.1, -0.05) is 37.3 Å². The number of nitrogens with two attached hydrogens (primary N) is 1. The molecule has 0 aliphatic heterocycles. The minimum atomic E-state index is -2.50. The molecule has 2 rings (SSSR count). The van der Waals surface area contributed by atoms with Crippen LogP contribution in [0.5, 0.6) is 0 Å². The Bertz CT molecular complexity index is 448. The van der Waals surface area contributed by atoms with Gasteiger partial charge in [-0.25, -0.2) is 8.78 Å². The van der Waals surface area contributed by atoms with Crippen LogP contribution in [0.2, 0.25) is 0 Å². The van der Waals surface area contributed by atoms with Gasteiger partial charge < -0.3 is 10.6 Å². The van der Waals surface area contributed by atoms with Crippen LogP contribution in [0.15, 0.2) is 30.3 Å². The summed E-state index contributed by atoms with van der Waals surface area (Å²) in [6.07, 6.45) is -0.878. The molecule has 0 saturated heterocycles. The van der Waals surface area contributed by atoms with Crippen molar-refractivity contribution in [1.82, 2.24) is 4.90 Å². The quantitative estimate of drug-likeness (QED) is 0.871. The monoisotopic (exact) mass is 282 g/mol. The second-order valence-corrected chi connectivity index (χ2v) is 5.34. The normalized spacial score (nSPS) is 17.9. The first kappa shape index (κ1) is 14.9. The molecule has 0 heterocycles. The molecule has 2 atom stereocenters. The molecule has 2 N–H and O–H groups in total. The van der Waals surface area contributed by atoms with E-state index in [1.807, 2.05) is 30.3 Å². The molecule has 2 unspecified atom stereocenters. The minimum absolute atomic E-state index is 0.0260. The summed E-state index contributed by atoms with van der Waals surface area (Å²) in [6, 6.07) is 8.78. The average molecular weight is 282 g/mol.